The minimum Gasteiger partial charge on any atom is -0.465 e. The van der Waals surface area contributed by atoms with Gasteiger partial charge in [0.1, 0.15) is 6.54 Å². The predicted molar refractivity (Wildman–Crippen MR) is 70.8 cm³/mol. The summed E-state index contributed by atoms with van der Waals surface area (Å²) in [6.07, 6.45) is 0. The van der Waals surface area contributed by atoms with Crippen LogP contribution >= 0.6 is 0 Å². The molecule has 20 heavy (non-hydrogen) atoms. The Kier molecular flexibility index (Phi) is 3.60. The standard InChI is InChI=1S/C13H15N3O4/c1-15-7-10(17)16(13(15)19)6-8-4-3-5-9(14)11(8)12(18)20-2/h3-5H,6-7,14H2,1-2H3. The fourth-order valence-electron chi connectivity index (χ4n) is 2.10. The number of anilines is 1. The molecule has 1 aromatic carbocycles. The Balaban J connectivity index is 2.35. The maximum atomic E-state index is 11.8. The summed E-state index contributed by atoms with van der Waals surface area (Å²) in [4.78, 5) is 37.7. The van der Waals surface area contributed by atoms with Crippen molar-refractivity contribution in [1.29, 1.82) is 0 Å². The maximum Gasteiger partial charge on any atom is 0.340 e. The number of ether oxygens (including phenoxy) is 1. The average Bonchev–Trinajstić information content (AvgIpc) is 2.65. The summed E-state index contributed by atoms with van der Waals surface area (Å²) in [7, 11) is 2.79. The summed E-state index contributed by atoms with van der Waals surface area (Å²) in [6, 6.07) is 4.47. The van der Waals surface area contributed by atoms with Crippen molar-refractivity contribution < 1.29 is 19.1 Å². The van der Waals surface area contributed by atoms with Gasteiger partial charge in [0.05, 0.1) is 19.2 Å². The summed E-state index contributed by atoms with van der Waals surface area (Å²) < 4.78 is 4.68. The number of rotatable bonds is 3. The van der Waals surface area contributed by atoms with Crippen LogP contribution in [0.1, 0.15) is 15.9 Å². The molecule has 1 fully saturated rings. The third kappa shape index (κ3) is 2.29. The zero-order valence-corrected chi connectivity index (χ0v) is 11.3. The molecule has 1 heterocycles. The molecule has 0 bridgehead atoms. The highest BCUT2D eigenvalue weighted by Gasteiger charge is 2.34. The lowest BCUT2D eigenvalue weighted by Gasteiger charge is -2.17. The number of hydrogen-bond acceptors (Lipinski definition) is 5. The van der Waals surface area contributed by atoms with Crippen LogP contribution in [0.4, 0.5) is 10.5 Å². The lowest BCUT2D eigenvalue weighted by molar-refractivity contribution is -0.125. The molecule has 2 rings (SSSR count). The van der Waals surface area contributed by atoms with Crippen molar-refractivity contribution >= 4 is 23.6 Å². The number of nitrogens with two attached hydrogens (primary N) is 1. The monoisotopic (exact) mass is 277 g/mol. The first-order chi connectivity index (χ1) is 9.45. The van der Waals surface area contributed by atoms with Crippen LogP contribution in [0.2, 0.25) is 0 Å². The smallest absolute Gasteiger partial charge is 0.340 e. The fourth-order valence-corrected chi connectivity index (χ4v) is 2.10. The molecule has 106 valence electrons. The highest BCUT2D eigenvalue weighted by molar-refractivity contribution is 6.02. The second kappa shape index (κ2) is 5.20. The number of hydrogen-bond donors (Lipinski definition) is 1. The van der Waals surface area contributed by atoms with Crippen LogP contribution in [0.5, 0.6) is 0 Å². The molecule has 1 aromatic rings. The Morgan fingerprint density at radius 3 is 2.65 bits per heavy atom. The number of nitrogen functional groups attached to an aromatic ring is 1. The van der Waals surface area contributed by atoms with Crippen LogP contribution in [-0.4, -0.2) is 48.4 Å². The molecule has 7 heteroatoms. The van der Waals surface area contributed by atoms with Gasteiger partial charge in [-0.05, 0) is 11.6 Å². The SMILES string of the molecule is COC(=O)c1c(N)cccc1CN1C(=O)CN(C)C1=O. The largest absolute Gasteiger partial charge is 0.465 e. The number of carbonyl (C=O) groups is 3. The third-order valence-corrected chi connectivity index (χ3v) is 3.13. The molecule has 0 aliphatic carbocycles. The van der Waals surface area contributed by atoms with Gasteiger partial charge in [-0.15, -0.1) is 0 Å². The summed E-state index contributed by atoms with van der Waals surface area (Å²) in [5, 5.41) is 0. The van der Waals surface area contributed by atoms with E-state index in [4.69, 9.17) is 5.73 Å². The first kappa shape index (κ1) is 13.9. The van der Waals surface area contributed by atoms with Gasteiger partial charge in [-0.3, -0.25) is 9.69 Å². The van der Waals surface area contributed by atoms with Crippen LogP contribution < -0.4 is 5.73 Å². The first-order valence-corrected chi connectivity index (χ1v) is 5.97. The predicted octanol–water partition coefficient (Wildman–Crippen LogP) is 0.449. The number of nitrogens with zero attached hydrogens (tertiary/aromatic N) is 2. The van der Waals surface area contributed by atoms with Crippen molar-refractivity contribution in [1.82, 2.24) is 9.80 Å². The number of amides is 3. The zero-order chi connectivity index (χ0) is 14.9. The van der Waals surface area contributed by atoms with Crippen molar-refractivity contribution in [3.8, 4) is 0 Å². The Morgan fingerprint density at radius 1 is 1.40 bits per heavy atom. The Morgan fingerprint density at radius 2 is 2.10 bits per heavy atom. The molecule has 2 N–H and O–H groups in total. The maximum absolute atomic E-state index is 11.8. The number of likely N-dealkylation sites (N-methyl/N-ethyl adjacent to an activating group) is 1. The minimum absolute atomic E-state index is 0.00250. The molecule has 0 saturated carbocycles. The number of urea groups is 1. The van der Waals surface area contributed by atoms with Crippen molar-refractivity contribution in [3.05, 3.63) is 29.3 Å². The van der Waals surface area contributed by atoms with Gasteiger partial charge < -0.3 is 15.4 Å². The van der Waals surface area contributed by atoms with E-state index in [1.807, 2.05) is 0 Å². The van der Waals surface area contributed by atoms with Gasteiger partial charge in [-0.2, -0.15) is 0 Å². The molecule has 0 aromatic heterocycles. The van der Waals surface area contributed by atoms with Gasteiger partial charge in [0.15, 0.2) is 0 Å². The van der Waals surface area contributed by atoms with E-state index in [1.54, 1.807) is 25.2 Å². The van der Waals surface area contributed by atoms with E-state index in [-0.39, 0.29) is 30.2 Å². The van der Waals surface area contributed by atoms with Gasteiger partial charge >= 0.3 is 12.0 Å². The van der Waals surface area contributed by atoms with Crippen LogP contribution in [0.3, 0.4) is 0 Å². The van der Waals surface area contributed by atoms with Crippen LogP contribution in [0, 0.1) is 0 Å². The summed E-state index contributed by atoms with van der Waals surface area (Å²) >= 11 is 0. The highest BCUT2D eigenvalue weighted by atomic mass is 16.5. The van der Waals surface area contributed by atoms with E-state index in [1.165, 1.54) is 12.0 Å². The van der Waals surface area contributed by atoms with E-state index >= 15 is 0 Å². The van der Waals surface area contributed by atoms with Crippen molar-refractivity contribution in [2.45, 2.75) is 6.54 Å². The zero-order valence-electron chi connectivity index (χ0n) is 11.3. The summed E-state index contributed by atoms with van der Waals surface area (Å²) in [6.45, 7) is 0.0339. The molecule has 0 spiro atoms. The van der Waals surface area contributed by atoms with Crippen LogP contribution in [-0.2, 0) is 16.1 Å². The molecule has 1 aliphatic rings. The number of imide groups is 1. The van der Waals surface area contributed by atoms with Crippen molar-refractivity contribution in [3.63, 3.8) is 0 Å². The number of carbonyl (C=O) groups excluding carboxylic acids is 3. The van der Waals surface area contributed by atoms with Crippen LogP contribution in [0.15, 0.2) is 18.2 Å². The van der Waals surface area contributed by atoms with E-state index in [0.717, 1.165) is 4.90 Å². The lowest BCUT2D eigenvalue weighted by Crippen LogP contribution is -2.31. The molecule has 0 radical (unpaired) electrons. The highest BCUT2D eigenvalue weighted by Crippen LogP contribution is 2.21. The third-order valence-electron chi connectivity index (χ3n) is 3.13. The first-order valence-electron chi connectivity index (χ1n) is 5.97. The van der Waals surface area contributed by atoms with E-state index in [9.17, 15) is 14.4 Å². The molecule has 1 saturated heterocycles. The molecule has 3 amide bonds. The van der Waals surface area contributed by atoms with Crippen molar-refractivity contribution in [2.75, 3.05) is 26.4 Å². The van der Waals surface area contributed by atoms with Gasteiger partial charge in [-0.25, -0.2) is 9.59 Å². The fraction of sp³-hybridized carbons (Fsp3) is 0.308. The molecular formula is C13H15N3O4. The normalized spacial score (nSPS) is 14.9. The lowest BCUT2D eigenvalue weighted by atomic mass is 10.1. The Labute approximate surface area is 115 Å². The van der Waals surface area contributed by atoms with E-state index < -0.39 is 12.0 Å². The molecule has 7 nitrogen and oxygen atoms in total. The average molecular weight is 277 g/mol. The Hall–Kier alpha value is -2.57. The van der Waals surface area contributed by atoms with Gasteiger partial charge in [0, 0.05) is 12.7 Å². The molecule has 0 atom stereocenters. The second-order valence-corrected chi connectivity index (χ2v) is 4.49. The second-order valence-electron chi connectivity index (χ2n) is 4.49. The van der Waals surface area contributed by atoms with Crippen LogP contribution in [0.25, 0.3) is 0 Å². The van der Waals surface area contributed by atoms with Crippen molar-refractivity contribution in [2.24, 2.45) is 0 Å². The van der Waals surface area contributed by atoms with E-state index in [0.29, 0.717) is 5.56 Å². The molecule has 1 aliphatic heterocycles. The number of esters is 1. The number of benzene rings is 1. The van der Waals surface area contributed by atoms with Gasteiger partial charge in [0.2, 0.25) is 0 Å². The summed E-state index contributed by atoms with van der Waals surface area (Å²) in [5.74, 6) is -0.902. The van der Waals surface area contributed by atoms with Gasteiger partial charge in [-0.1, -0.05) is 12.1 Å². The van der Waals surface area contributed by atoms with Gasteiger partial charge in [0.25, 0.3) is 5.91 Å². The summed E-state index contributed by atoms with van der Waals surface area (Å²) in [5.41, 5.74) is 6.69. The quantitative estimate of drug-likeness (QED) is 0.492. The number of methoxy groups -OCH3 is 1. The molecule has 0 unspecified atom stereocenters. The van der Waals surface area contributed by atoms with E-state index in [2.05, 4.69) is 4.74 Å². The topological polar surface area (TPSA) is 92.9 Å². The molecular weight excluding hydrogens is 262 g/mol. The minimum atomic E-state index is -0.592. The Bertz CT molecular complexity index is 585.